The maximum atomic E-state index is 12.0. The molecule has 0 bridgehead atoms. The van der Waals surface area contributed by atoms with Crippen molar-refractivity contribution in [3.05, 3.63) is 34.9 Å². The van der Waals surface area contributed by atoms with Crippen LogP contribution in [0.5, 0.6) is 0 Å². The Hall–Kier alpha value is -1.55. The molecule has 5 heteroatoms. The lowest BCUT2D eigenvalue weighted by atomic mass is 10.0. The average molecular weight is 325 g/mol. The lowest BCUT2D eigenvalue weighted by Crippen LogP contribution is -2.33. The molecular weight excluding hydrogens is 300 g/mol. The van der Waals surface area contributed by atoms with Crippen LogP contribution >= 0.6 is 11.6 Å². The van der Waals surface area contributed by atoms with E-state index in [1.807, 2.05) is 12.1 Å². The molecule has 2 N–H and O–H groups in total. The molecule has 122 valence electrons. The predicted octanol–water partition coefficient (Wildman–Crippen LogP) is 3.60. The van der Waals surface area contributed by atoms with Gasteiger partial charge in [0.15, 0.2) is 0 Å². The highest BCUT2D eigenvalue weighted by Crippen LogP contribution is 2.19. The summed E-state index contributed by atoms with van der Waals surface area (Å²) >= 11 is 5.87. The van der Waals surface area contributed by atoms with Crippen molar-refractivity contribution >= 4 is 23.4 Å². The Morgan fingerprint density at radius 2 is 1.82 bits per heavy atom. The molecule has 0 radical (unpaired) electrons. The third-order valence-corrected chi connectivity index (χ3v) is 3.64. The summed E-state index contributed by atoms with van der Waals surface area (Å²) < 4.78 is 0. The molecule has 0 saturated carbocycles. The number of halogens is 1. The van der Waals surface area contributed by atoms with Crippen LogP contribution < -0.4 is 10.6 Å². The van der Waals surface area contributed by atoms with Gasteiger partial charge in [-0.15, -0.1) is 0 Å². The van der Waals surface area contributed by atoms with Crippen molar-refractivity contribution in [2.75, 3.05) is 6.54 Å². The van der Waals surface area contributed by atoms with E-state index in [1.54, 1.807) is 12.1 Å². The lowest BCUT2D eigenvalue weighted by molar-refractivity contribution is -0.122. The van der Waals surface area contributed by atoms with E-state index in [0.717, 1.165) is 18.4 Å². The second kappa shape index (κ2) is 10.2. The minimum absolute atomic E-state index is 0.0507. The first kappa shape index (κ1) is 18.5. The Balaban J connectivity index is 2.52. The van der Waals surface area contributed by atoms with Gasteiger partial charge in [0, 0.05) is 18.5 Å². The van der Waals surface area contributed by atoms with Gasteiger partial charge in [-0.1, -0.05) is 49.9 Å². The molecule has 0 aliphatic carbocycles. The van der Waals surface area contributed by atoms with E-state index < -0.39 is 0 Å². The van der Waals surface area contributed by atoms with Crippen molar-refractivity contribution in [3.8, 4) is 0 Å². The van der Waals surface area contributed by atoms with Gasteiger partial charge in [0.05, 0.1) is 12.5 Å². The van der Waals surface area contributed by atoms with Gasteiger partial charge < -0.3 is 10.6 Å². The number of unbranched alkanes of at least 4 members (excludes halogenated alkanes) is 3. The average Bonchev–Trinajstić information content (AvgIpc) is 2.46. The minimum Gasteiger partial charge on any atom is -0.356 e. The summed E-state index contributed by atoms with van der Waals surface area (Å²) in [5, 5.41) is 6.35. The zero-order valence-electron chi connectivity index (χ0n) is 13.3. The molecule has 0 heterocycles. The minimum atomic E-state index is -0.328. The molecule has 1 unspecified atom stereocenters. The molecule has 0 aromatic heterocycles. The third-order valence-electron chi connectivity index (χ3n) is 3.39. The number of hydrogen-bond donors (Lipinski definition) is 2. The fraction of sp³-hybridized carbons (Fsp3) is 0.529. The smallest absolute Gasteiger partial charge is 0.222 e. The van der Waals surface area contributed by atoms with E-state index >= 15 is 0 Å². The molecule has 0 aliphatic heterocycles. The largest absolute Gasteiger partial charge is 0.356 e. The summed E-state index contributed by atoms with van der Waals surface area (Å²) in [5.41, 5.74) is 0.876. The second-order valence-electron chi connectivity index (χ2n) is 5.42. The van der Waals surface area contributed by atoms with Crippen molar-refractivity contribution in [2.24, 2.45) is 0 Å². The Kier molecular flexibility index (Phi) is 8.60. The van der Waals surface area contributed by atoms with Crippen molar-refractivity contribution in [1.82, 2.24) is 10.6 Å². The molecule has 0 saturated heterocycles. The number of amides is 2. The van der Waals surface area contributed by atoms with Gasteiger partial charge in [-0.3, -0.25) is 9.59 Å². The second-order valence-corrected chi connectivity index (χ2v) is 5.86. The molecule has 1 atom stereocenters. The fourth-order valence-electron chi connectivity index (χ4n) is 2.23. The van der Waals surface area contributed by atoms with Crippen LogP contribution in [0.4, 0.5) is 0 Å². The highest BCUT2D eigenvalue weighted by Gasteiger charge is 2.16. The van der Waals surface area contributed by atoms with E-state index in [2.05, 4.69) is 17.6 Å². The number of carbonyl (C=O) groups is 2. The topological polar surface area (TPSA) is 58.2 Å². The van der Waals surface area contributed by atoms with Gasteiger partial charge >= 0.3 is 0 Å². The van der Waals surface area contributed by atoms with E-state index in [0.29, 0.717) is 11.6 Å². The normalized spacial score (nSPS) is 11.8. The van der Waals surface area contributed by atoms with Crippen molar-refractivity contribution < 1.29 is 9.59 Å². The number of hydrogen-bond acceptors (Lipinski definition) is 2. The van der Waals surface area contributed by atoms with Gasteiger partial charge in [0.2, 0.25) is 11.8 Å². The quantitative estimate of drug-likeness (QED) is 0.682. The summed E-state index contributed by atoms with van der Waals surface area (Å²) in [7, 11) is 0. The van der Waals surface area contributed by atoms with E-state index in [-0.39, 0.29) is 24.3 Å². The van der Waals surface area contributed by atoms with E-state index in [4.69, 9.17) is 11.6 Å². The van der Waals surface area contributed by atoms with Gasteiger partial charge in [-0.05, 0) is 24.1 Å². The van der Waals surface area contributed by atoms with Crippen LogP contribution in [0.25, 0.3) is 0 Å². The first-order valence-corrected chi connectivity index (χ1v) is 8.20. The van der Waals surface area contributed by atoms with Crippen LogP contribution in [-0.4, -0.2) is 18.4 Å². The summed E-state index contributed by atoms with van der Waals surface area (Å²) in [6, 6.07) is 6.85. The summed E-state index contributed by atoms with van der Waals surface area (Å²) in [6.45, 7) is 4.29. The molecule has 1 aromatic carbocycles. The van der Waals surface area contributed by atoms with Crippen LogP contribution in [-0.2, 0) is 9.59 Å². The van der Waals surface area contributed by atoms with Crippen LogP contribution in [0.2, 0.25) is 5.02 Å². The molecule has 1 aromatic rings. The SMILES string of the molecule is CCCCCCNC(=O)CC(NC(C)=O)c1ccc(Cl)cc1. The van der Waals surface area contributed by atoms with Crippen molar-refractivity contribution in [1.29, 1.82) is 0 Å². The van der Waals surface area contributed by atoms with Crippen LogP contribution in [0.1, 0.15) is 57.6 Å². The van der Waals surface area contributed by atoms with Crippen molar-refractivity contribution in [2.45, 2.75) is 52.0 Å². The van der Waals surface area contributed by atoms with Gasteiger partial charge in [-0.25, -0.2) is 0 Å². The maximum Gasteiger partial charge on any atom is 0.222 e. The van der Waals surface area contributed by atoms with E-state index in [1.165, 1.54) is 19.8 Å². The summed E-state index contributed by atoms with van der Waals surface area (Å²) in [4.78, 5) is 23.4. The zero-order valence-corrected chi connectivity index (χ0v) is 14.1. The van der Waals surface area contributed by atoms with Crippen LogP contribution in [0.3, 0.4) is 0 Å². The molecule has 0 aliphatic rings. The van der Waals surface area contributed by atoms with E-state index in [9.17, 15) is 9.59 Å². The number of benzene rings is 1. The third kappa shape index (κ3) is 7.46. The number of rotatable bonds is 9. The Morgan fingerprint density at radius 3 is 2.41 bits per heavy atom. The molecule has 0 spiro atoms. The zero-order chi connectivity index (χ0) is 16.4. The van der Waals surface area contributed by atoms with Crippen molar-refractivity contribution in [3.63, 3.8) is 0 Å². The summed E-state index contributed by atoms with van der Waals surface area (Å²) in [6.07, 6.45) is 4.72. The molecule has 22 heavy (non-hydrogen) atoms. The van der Waals surface area contributed by atoms with Crippen LogP contribution in [0.15, 0.2) is 24.3 Å². The monoisotopic (exact) mass is 324 g/mol. The van der Waals surface area contributed by atoms with Crippen LogP contribution in [0, 0.1) is 0 Å². The van der Waals surface area contributed by atoms with Gasteiger partial charge in [0.25, 0.3) is 0 Å². The highest BCUT2D eigenvalue weighted by atomic mass is 35.5. The number of nitrogens with one attached hydrogen (secondary N) is 2. The molecule has 2 amide bonds. The summed E-state index contributed by atoms with van der Waals surface area (Å²) in [5.74, 6) is -0.208. The first-order chi connectivity index (χ1) is 10.5. The Morgan fingerprint density at radius 1 is 1.14 bits per heavy atom. The first-order valence-electron chi connectivity index (χ1n) is 7.82. The highest BCUT2D eigenvalue weighted by molar-refractivity contribution is 6.30. The number of carbonyl (C=O) groups excluding carboxylic acids is 2. The molecule has 0 fully saturated rings. The molecule has 4 nitrogen and oxygen atoms in total. The maximum absolute atomic E-state index is 12.0. The van der Waals surface area contributed by atoms with Gasteiger partial charge in [0.1, 0.15) is 0 Å². The Bertz CT molecular complexity index is 474. The Labute approximate surface area is 137 Å². The fourth-order valence-corrected chi connectivity index (χ4v) is 2.36. The standard InChI is InChI=1S/C17H25ClN2O2/c1-3-4-5-6-11-19-17(22)12-16(20-13(2)21)14-7-9-15(18)10-8-14/h7-10,16H,3-6,11-12H2,1-2H3,(H,19,22)(H,20,21). The lowest BCUT2D eigenvalue weighted by Gasteiger charge is -2.18. The van der Waals surface area contributed by atoms with Gasteiger partial charge in [-0.2, -0.15) is 0 Å². The molecular formula is C17H25ClN2O2. The predicted molar refractivity (Wildman–Crippen MR) is 89.8 cm³/mol. The molecule has 1 rings (SSSR count).